The van der Waals surface area contributed by atoms with E-state index in [4.69, 9.17) is 30.4 Å². The fourth-order valence-electron chi connectivity index (χ4n) is 6.52. The first-order chi connectivity index (χ1) is 21.0. The molecule has 45 heavy (non-hydrogen) atoms. The van der Waals surface area contributed by atoms with E-state index in [-0.39, 0.29) is 38.9 Å². The first-order valence-corrected chi connectivity index (χ1v) is 15.7. The average Bonchev–Trinajstić information content (AvgIpc) is 2.95. The molecule has 0 saturated carbocycles. The zero-order valence-corrected chi connectivity index (χ0v) is 28.6. The van der Waals surface area contributed by atoms with E-state index in [9.17, 15) is 19.2 Å². The fraction of sp³-hybridized carbons (Fsp3) is 0.657. The summed E-state index contributed by atoms with van der Waals surface area (Å²) in [4.78, 5) is 53.2. The second kappa shape index (κ2) is 18.0. The summed E-state index contributed by atoms with van der Waals surface area (Å²) in [7, 11) is 2.63. The zero-order chi connectivity index (χ0) is 34.3. The number of rotatable bonds is 19. The summed E-state index contributed by atoms with van der Waals surface area (Å²) in [5.41, 5.74) is 7.90. The quantitative estimate of drug-likeness (QED) is 0.113. The van der Waals surface area contributed by atoms with Gasteiger partial charge >= 0.3 is 23.9 Å². The summed E-state index contributed by atoms with van der Waals surface area (Å²) in [6.45, 7) is 11.8. The molecule has 0 amide bonds. The summed E-state index contributed by atoms with van der Waals surface area (Å²) in [6, 6.07) is 0. The van der Waals surface area contributed by atoms with Crippen LogP contribution in [0.25, 0.3) is 0 Å². The van der Waals surface area contributed by atoms with Crippen molar-refractivity contribution in [2.75, 3.05) is 40.5 Å². The molecule has 10 heteroatoms. The van der Waals surface area contributed by atoms with Crippen LogP contribution in [0, 0.1) is 27.6 Å². The lowest BCUT2D eigenvalue weighted by atomic mass is 9.58. The van der Waals surface area contributed by atoms with Crippen molar-refractivity contribution in [1.82, 2.24) is 0 Å². The Morgan fingerprint density at radius 1 is 0.711 bits per heavy atom. The van der Waals surface area contributed by atoms with Crippen LogP contribution in [0.4, 0.5) is 0 Å². The molecule has 4 atom stereocenters. The summed E-state index contributed by atoms with van der Waals surface area (Å²) in [5.74, 6) is -2.44. The molecule has 0 aliphatic heterocycles. The van der Waals surface area contributed by atoms with E-state index < -0.39 is 51.5 Å². The Hall–Kier alpha value is -3.24. The number of hydrogen-bond donors (Lipinski definition) is 2. The summed E-state index contributed by atoms with van der Waals surface area (Å²) in [5, 5.41) is 0. The van der Waals surface area contributed by atoms with Crippen molar-refractivity contribution < 1.29 is 38.1 Å². The van der Waals surface area contributed by atoms with E-state index in [2.05, 4.69) is 0 Å². The molecule has 4 N–H and O–H groups in total. The first-order valence-electron chi connectivity index (χ1n) is 15.7. The fourth-order valence-corrected chi connectivity index (χ4v) is 6.52. The molecule has 0 heterocycles. The highest BCUT2D eigenvalue weighted by atomic mass is 16.5. The smallest absolute Gasteiger partial charge is 0.311 e. The van der Waals surface area contributed by atoms with Gasteiger partial charge in [0.25, 0.3) is 0 Å². The normalized spacial score (nSPS) is 19.2. The molecular weight excluding hydrogens is 576 g/mol. The maximum atomic E-state index is 13.9. The minimum absolute atomic E-state index is 0.118. The van der Waals surface area contributed by atoms with Gasteiger partial charge in [0.05, 0.1) is 49.6 Å². The van der Waals surface area contributed by atoms with Gasteiger partial charge in [-0.05, 0) is 90.3 Å². The van der Waals surface area contributed by atoms with Gasteiger partial charge in [0.2, 0.25) is 0 Å². The van der Waals surface area contributed by atoms with Gasteiger partial charge in [-0.3, -0.25) is 19.2 Å². The van der Waals surface area contributed by atoms with Crippen LogP contribution in [0.5, 0.6) is 0 Å². The lowest BCUT2D eigenvalue weighted by Crippen LogP contribution is -2.45. The number of methoxy groups -OCH3 is 2. The molecule has 1 rings (SSSR count). The molecule has 0 saturated heterocycles. The average molecular weight is 633 g/mol. The number of carbonyl (C=O) groups excluding carboxylic acids is 4. The van der Waals surface area contributed by atoms with Gasteiger partial charge in [0.15, 0.2) is 0 Å². The van der Waals surface area contributed by atoms with E-state index in [1.165, 1.54) is 14.2 Å². The third-order valence-electron chi connectivity index (χ3n) is 8.33. The van der Waals surface area contributed by atoms with Gasteiger partial charge in [0, 0.05) is 0 Å². The van der Waals surface area contributed by atoms with Crippen LogP contribution in [0.2, 0.25) is 0 Å². The predicted molar refractivity (Wildman–Crippen MR) is 175 cm³/mol. The second-order valence-corrected chi connectivity index (χ2v) is 13.5. The highest BCUT2D eigenvalue weighted by Crippen LogP contribution is 2.53. The first kappa shape index (κ1) is 39.8. The number of hydrogen-bond acceptors (Lipinski definition) is 10. The van der Waals surface area contributed by atoms with Crippen molar-refractivity contribution in [3.63, 3.8) is 0 Å². The molecule has 0 radical (unpaired) electrons. The molecule has 0 spiro atoms. The third kappa shape index (κ3) is 11.9. The molecule has 0 bridgehead atoms. The van der Waals surface area contributed by atoms with Gasteiger partial charge in [0.1, 0.15) is 0 Å². The van der Waals surface area contributed by atoms with Gasteiger partial charge in [-0.15, -0.1) is 0 Å². The largest absolute Gasteiger partial charge is 0.469 e. The Kier molecular flexibility index (Phi) is 16.0. The molecule has 254 valence electrons. The molecule has 0 aromatic carbocycles. The number of nitrogens with two attached hydrogens (primary N) is 2. The van der Waals surface area contributed by atoms with Crippen LogP contribution in [0.15, 0.2) is 48.1 Å². The maximum Gasteiger partial charge on any atom is 0.311 e. The highest BCUT2D eigenvalue weighted by Gasteiger charge is 2.51. The van der Waals surface area contributed by atoms with Gasteiger partial charge in [-0.1, -0.05) is 56.4 Å². The molecule has 1 aliphatic carbocycles. The second-order valence-electron chi connectivity index (χ2n) is 13.5. The lowest BCUT2D eigenvalue weighted by molar-refractivity contribution is -0.164. The molecule has 4 unspecified atom stereocenters. The Morgan fingerprint density at radius 2 is 1.22 bits per heavy atom. The van der Waals surface area contributed by atoms with Crippen LogP contribution in [0.3, 0.4) is 0 Å². The van der Waals surface area contributed by atoms with Gasteiger partial charge < -0.3 is 30.4 Å². The van der Waals surface area contributed by atoms with Crippen molar-refractivity contribution in [3.05, 3.63) is 48.1 Å². The number of allylic oxidation sites excluding steroid dienone is 8. The Labute approximate surface area is 269 Å². The van der Waals surface area contributed by atoms with Crippen LogP contribution in [0.1, 0.15) is 80.1 Å². The van der Waals surface area contributed by atoms with Crippen molar-refractivity contribution in [1.29, 1.82) is 0 Å². The number of ether oxygens (including phenoxy) is 4. The predicted octanol–water partition coefficient (Wildman–Crippen LogP) is 4.97. The van der Waals surface area contributed by atoms with E-state index in [1.54, 1.807) is 34.6 Å². The van der Waals surface area contributed by atoms with E-state index in [0.29, 0.717) is 25.9 Å². The monoisotopic (exact) mass is 632 g/mol. The third-order valence-corrected chi connectivity index (χ3v) is 8.33. The summed E-state index contributed by atoms with van der Waals surface area (Å²) < 4.78 is 21.5. The van der Waals surface area contributed by atoms with Crippen molar-refractivity contribution in [3.8, 4) is 0 Å². The van der Waals surface area contributed by atoms with E-state index >= 15 is 0 Å². The Morgan fingerprint density at radius 3 is 1.76 bits per heavy atom. The summed E-state index contributed by atoms with van der Waals surface area (Å²) >= 11 is 0. The van der Waals surface area contributed by atoms with Crippen LogP contribution < -0.4 is 11.5 Å². The number of esters is 4. The SMILES string of the molecule is COC(=O)C(C)CC(C)(CC(C)(CC(C)(CC(C)(C)C(=O)OC)C(=O)OCCCN)C1=C/C=C\C=C/C=C1)C(=O)OCCCN. The topological polar surface area (TPSA) is 157 Å². The number of carbonyl (C=O) groups is 4. The van der Waals surface area contributed by atoms with Crippen molar-refractivity contribution >= 4 is 23.9 Å². The molecule has 0 fully saturated rings. The lowest BCUT2D eigenvalue weighted by Gasteiger charge is -2.45. The van der Waals surface area contributed by atoms with E-state index in [0.717, 1.165) is 5.57 Å². The molecule has 0 aromatic heterocycles. The molecular formula is C35H56N2O8. The standard InChI is InChI=1S/C35H56N2O8/c1-26(28(38)42-7)22-33(4,30(40)44-20-14-18-36)24-34(5,27-16-12-10-9-11-13-17-27)25-35(6,31(41)45-21-15-19-37)23-32(2,3)29(39)43-8/h9-13,16-17,26H,14-15,18-25,36-37H2,1-8H3/b10-9-,11-9?,12-10?,13-11-,16-12?,17-13?,27-16?,27-17?. The molecule has 1 aliphatic rings. The van der Waals surface area contributed by atoms with Crippen molar-refractivity contribution in [2.24, 2.45) is 39.0 Å². The minimum Gasteiger partial charge on any atom is -0.469 e. The van der Waals surface area contributed by atoms with Gasteiger partial charge in [-0.2, -0.15) is 0 Å². The molecule has 10 nitrogen and oxygen atoms in total. The Balaban J connectivity index is 3.86. The molecule has 0 aromatic rings. The minimum atomic E-state index is -1.20. The van der Waals surface area contributed by atoms with Gasteiger partial charge in [-0.25, -0.2) is 0 Å². The summed E-state index contributed by atoms with van der Waals surface area (Å²) in [6.07, 6.45) is 15.0. The van der Waals surface area contributed by atoms with E-state index in [1.807, 2.05) is 49.5 Å². The maximum absolute atomic E-state index is 13.9. The van der Waals surface area contributed by atoms with Crippen LogP contribution >= 0.6 is 0 Å². The van der Waals surface area contributed by atoms with Crippen LogP contribution in [-0.2, 0) is 38.1 Å². The zero-order valence-electron chi connectivity index (χ0n) is 28.6. The Bertz CT molecular complexity index is 1140. The highest BCUT2D eigenvalue weighted by molar-refractivity contribution is 5.81. The van der Waals surface area contributed by atoms with Crippen molar-refractivity contribution in [2.45, 2.75) is 80.1 Å². The van der Waals surface area contributed by atoms with Crippen LogP contribution in [-0.4, -0.2) is 64.4 Å².